The van der Waals surface area contributed by atoms with E-state index in [1.54, 1.807) is 13.0 Å². The molecule has 2 aliphatic heterocycles. The summed E-state index contributed by atoms with van der Waals surface area (Å²) in [4.78, 5) is 16.5. The van der Waals surface area contributed by atoms with Crippen molar-refractivity contribution >= 4 is 24.0 Å². The molecule has 0 aliphatic carbocycles. The molecular weight excluding hydrogens is 393 g/mol. The van der Waals surface area contributed by atoms with Crippen molar-refractivity contribution in [3.8, 4) is 11.5 Å². The molecule has 11 heteroatoms. The number of aliphatic imine (C=N–C) groups is 1. The topological polar surface area (TPSA) is 116 Å². The Labute approximate surface area is 163 Å². The molecule has 0 bridgehead atoms. The number of amides is 1. The van der Waals surface area contributed by atoms with Crippen LogP contribution >= 0.6 is 0 Å². The molecule has 8 nitrogen and oxygen atoms in total. The molecule has 3 rings (SSSR count). The van der Waals surface area contributed by atoms with Gasteiger partial charge in [0.15, 0.2) is 5.75 Å². The summed E-state index contributed by atoms with van der Waals surface area (Å²) >= 11 is 0. The SMILES string of the molecule is C[C@]1(CO)Cc2cc(NC(=O)/C(C=N)=C3\N=CC=CN3)c(OC(F)(F)F)cc2O1. The molecule has 2 aliphatic rings. The smallest absolute Gasteiger partial charge is 0.484 e. The Morgan fingerprint density at radius 1 is 1.52 bits per heavy atom. The van der Waals surface area contributed by atoms with E-state index in [4.69, 9.17) is 10.1 Å². The molecule has 0 unspecified atom stereocenters. The third-order valence-electron chi connectivity index (χ3n) is 4.14. The number of hydrogen-bond donors (Lipinski definition) is 4. The molecule has 154 valence electrons. The van der Waals surface area contributed by atoms with E-state index in [-0.39, 0.29) is 35.9 Å². The summed E-state index contributed by atoms with van der Waals surface area (Å²) in [6.07, 6.45) is 0.399. The number of ether oxygens (including phenoxy) is 2. The Hall–Kier alpha value is -3.34. The Morgan fingerprint density at radius 2 is 2.28 bits per heavy atom. The van der Waals surface area contributed by atoms with Crippen LogP contribution < -0.4 is 20.1 Å². The quantitative estimate of drug-likeness (QED) is 0.439. The van der Waals surface area contributed by atoms with Gasteiger partial charge in [0.05, 0.1) is 17.9 Å². The van der Waals surface area contributed by atoms with E-state index in [0.717, 1.165) is 12.3 Å². The van der Waals surface area contributed by atoms with Gasteiger partial charge in [-0.25, -0.2) is 4.99 Å². The number of nitrogens with zero attached hydrogens (tertiary/aromatic N) is 1. The molecule has 0 aromatic heterocycles. The van der Waals surface area contributed by atoms with Crippen molar-refractivity contribution in [2.75, 3.05) is 11.9 Å². The van der Waals surface area contributed by atoms with Crippen LogP contribution in [0.1, 0.15) is 12.5 Å². The predicted octanol–water partition coefficient (Wildman–Crippen LogP) is 2.26. The fourth-order valence-corrected chi connectivity index (χ4v) is 2.84. The predicted molar refractivity (Wildman–Crippen MR) is 98.2 cm³/mol. The molecule has 0 saturated carbocycles. The molecule has 0 fully saturated rings. The van der Waals surface area contributed by atoms with Gasteiger partial charge in [-0.2, -0.15) is 0 Å². The Morgan fingerprint density at radius 3 is 2.86 bits per heavy atom. The van der Waals surface area contributed by atoms with Crippen LogP contribution in [0, 0.1) is 5.41 Å². The molecule has 0 radical (unpaired) electrons. The standard InChI is InChI=1S/C18H17F3N4O4/c1-17(9-26)7-10-5-12(14(6-13(10)28-17)29-18(19,20)21)25-16(27)11(8-22)15-23-3-2-4-24-15/h2-6,8,22-23,26H,7,9H2,1H3,(H,25,27)/b15-11-,22-8?/t17-/m1/s1. The van der Waals surface area contributed by atoms with Gasteiger partial charge in [-0.3, -0.25) is 4.79 Å². The van der Waals surface area contributed by atoms with Crippen molar-refractivity contribution in [1.82, 2.24) is 5.32 Å². The number of anilines is 1. The lowest BCUT2D eigenvalue weighted by Gasteiger charge is -2.20. The van der Waals surface area contributed by atoms with E-state index >= 15 is 0 Å². The summed E-state index contributed by atoms with van der Waals surface area (Å²) in [5.41, 5.74) is -0.949. The van der Waals surface area contributed by atoms with Crippen LogP contribution in [-0.2, 0) is 11.2 Å². The second-order valence-electron chi connectivity index (χ2n) is 6.53. The number of rotatable bonds is 5. The van der Waals surface area contributed by atoms with Gasteiger partial charge < -0.3 is 30.6 Å². The number of benzene rings is 1. The van der Waals surface area contributed by atoms with Gasteiger partial charge in [0.1, 0.15) is 17.2 Å². The zero-order chi connectivity index (χ0) is 21.2. The van der Waals surface area contributed by atoms with Crippen LogP contribution in [0.2, 0.25) is 0 Å². The third kappa shape index (κ3) is 4.57. The second-order valence-corrected chi connectivity index (χ2v) is 6.53. The first-order valence-electron chi connectivity index (χ1n) is 8.38. The molecule has 1 atom stereocenters. The van der Waals surface area contributed by atoms with Crippen LogP contribution in [0.25, 0.3) is 0 Å². The number of aliphatic hydroxyl groups is 1. The maximum absolute atomic E-state index is 12.8. The highest BCUT2D eigenvalue weighted by Crippen LogP contribution is 2.42. The summed E-state index contributed by atoms with van der Waals surface area (Å²) < 4.78 is 48.1. The zero-order valence-electron chi connectivity index (χ0n) is 15.1. The number of hydrogen-bond acceptors (Lipinski definition) is 7. The van der Waals surface area contributed by atoms with E-state index in [1.165, 1.54) is 18.5 Å². The van der Waals surface area contributed by atoms with Gasteiger partial charge in [-0.1, -0.05) is 0 Å². The van der Waals surface area contributed by atoms with Crippen LogP contribution in [0.5, 0.6) is 11.5 Å². The number of carbonyl (C=O) groups excluding carboxylic acids is 1. The summed E-state index contributed by atoms with van der Waals surface area (Å²) in [5, 5.41) is 21.9. The fraction of sp³-hybridized carbons (Fsp3) is 0.278. The summed E-state index contributed by atoms with van der Waals surface area (Å²) in [6.45, 7) is 1.26. The second kappa shape index (κ2) is 7.59. The zero-order valence-corrected chi connectivity index (χ0v) is 15.1. The summed E-state index contributed by atoms with van der Waals surface area (Å²) in [7, 11) is 0. The molecule has 29 heavy (non-hydrogen) atoms. The molecular formula is C18H17F3N4O4. The summed E-state index contributed by atoms with van der Waals surface area (Å²) in [5.74, 6) is -1.35. The van der Waals surface area contributed by atoms with Crippen molar-refractivity contribution < 1.29 is 32.5 Å². The number of halogens is 3. The van der Waals surface area contributed by atoms with Gasteiger partial charge in [0.25, 0.3) is 5.91 Å². The number of carbonyl (C=O) groups is 1. The lowest BCUT2D eigenvalue weighted by Crippen LogP contribution is -2.34. The highest BCUT2D eigenvalue weighted by molar-refractivity contribution is 6.18. The maximum Gasteiger partial charge on any atom is 0.573 e. The number of nitrogens with one attached hydrogen (secondary N) is 3. The van der Waals surface area contributed by atoms with E-state index < -0.39 is 23.6 Å². The van der Waals surface area contributed by atoms with Crippen molar-refractivity contribution in [2.24, 2.45) is 4.99 Å². The number of alkyl halides is 3. The normalized spacial score (nSPS) is 21.7. The maximum atomic E-state index is 12.8. The molecule has 1 aromatic rings. The first kappa shape index (κ1) is 20.4. The van der Waals surface area contributed by atoms with Crippen LogP contribution in [0.3, 0.4) is 0 Å². The average molecular weight is 410 g/mol. The Kier molecular flexibility index (Phi) is 5.33. The van der Waals surface area contributed by atoms with Crippen molar-refractivity contribution in [3.63, 3.8) is 0 Å². The average Bonchev–Trinajstić information content (AvgIpc) is 2.98. The van der Waals surface area contributed by atoms with Crippen LogP contribution in [-0.4, -0.2) is 42.0 Å². The van der Waals surface area contributed by atoms with Gasteiger partial charge in [-0.05, 0) is 19.1 Å². The van der Waals surface area contributed by atoms with Gasteiger partial charge in [0.2, 0.25) is 0 Å². The number of fused-ring (bicyclic) bond motifs is 1. The Balaban J connectivity index is 1.96. The third-order valence-corrected chi connectivity index (χ3v) is 4.14. The van der Waals surface area contributed by atoms with Gasteiger partial charge in [0, 0.05) is 36.7 Å². The molecule has 1 amide bonds. The molecule has 1 aromatic carbocycles. The van der Waals surface area contributed by atoms with Gasteiger partial charge >= 0.3 is 6.36 Å². The first-order valence-corrected chi connectivity index (χ1v) is 8.38. The highest BCUT2D eigenvalue weighted by atomic mass is 19.4. The molecule has 0 spiro atoms. The van der Waals surface area contributed by atoms with Gasteiger partial charge in [-0.15, -0.1) is 13.2 Å². The van der Waals surface area contributed by atoms with Crippen molar-refractivity contribution in [2.45, 2.75) is 25.3 Å². The van der Waals surface area contributed by atoms with E-state index in [1.807, 2.05) is 0 Å². The molecule has 2 heterocycles. The number of allylic oxidation sites excluding steroid dienone is 1. The first-order chi connectivity index (χ1) is 13.6. The van der Waals surface area contributed by atoms with Crippen molar-refractivity contribution in [1.29, 1.82) is 5.41 Å². The monoisotopic (exact) mass is 410 g/mol. The lowest BCUT2D eigenvalue weighted by atomic mass is 10.00. The molecule has 0 saturated heterocycles. The van der Waals surface area contributed by atoms with Crippen LogP contribution in [0.15, 0.2) is 40.8 Å². The minimum atomic E-state index is -5.00. The van der Waals surface area contributed by atoms with E-state index in [0.29, 0.717) is 5.56 Å². The minimum absolute atomic E-state index is 0.0654. The summed E-state index contributed by atoms with van der Waals surface area (Å²) in [6, 6.07) is 2.30. The lowest BCUT2D eigenvalue weighted by molar-refractivity contribution is -0.274. The Bertz CT molecular complexity index is 940. The van der Waals surface area contributed by atoms with E-state index in [9.17, 15) is 23.1 Å². The fourth-order valence-electron chi connectivity index (χ4n) is 2.84. The van der Waals surface area contributed by atoms with E-state index in [2.05, 4.69) is 20.4 Å². The molecule has 4 N–H and O–H groups in total. The largest absolute Gasteiger partial charge is 0.573 e. The minimum Gasteiger partial charge on any atom is -0.484 e. The number of aliphatic hydroxyl groups excluding tert-OH is 1. The van der Waals surface area contributed by atoms with Crippen molar-refractivity contribution in [3.05, 3.63) is 41.4 Å². The van der Waals surface area contributed by atoms with Crippen LogP contribution in [0.4, 0.5) is 18.9 Å². The highest BCUT2D eigenvalue weighted by Gasteiger charge is 2.38.